The van der Waals surface area contributed by atoms with E-state index in [2.05, 4.69) is 0 Å². The quantitative estimate of drug-likeness (QED) is 0.192. The molecular formula is CH4ClNOSi. The van der Waals surface area contributed by atoms with Gasteiger partial charge in [0, 0.05) is 0 Å². The lowest BCUT2D eigenvalue weighted by Crippen LogP contribution is -1.16. The van der Waals surface area contributed by atoms with Crippen LogP contribution in [0.15, 0.2) is 0 Å². The van der Waals surface area contributed by atoms with Crippen molar-refractivity contribution in [3.8, 4) is 0 Å². The molecule has 0 amide bonds. The maximum Gasteiger partial charge on any atom is 0.231 e. The molecule has 0 aliphatic carbocycles. The van der Waals surface area contributed by atoms with Crippen LogP contribution < -0.4 is 0 Å². The molecule has 0 spiro atoms. The molecule has 0 aromatic carbocycles. The van der Waals surface area contributed by atoms with Gasteiger partial charge in [-0.25, -0.2) is 10.2 Å². The Morgan fingerprint density at radius 2 is 1.80 bits per heavy atom. The van der Waals surface area contributed by atoms with Crippen molar-refractivity contribution in [2.24, 2.45) is 0 Å². The average molecular weight is 110 g/mol. The maximum atomic E-state index is 8.35. The molecule has 1 N–H and O–H groups in total. The number of halogens is 1. The Morgan fingerprint density at radius 3 is 1.80 bits per heavy atom. The van der Waals surface area contributed by atoms with Gasteiger partial charge in [-0.1, -0.05) is 0 Å². The fraction of sp³-hybridized carbons (Fsp3) is 0. The van der Waals surface area contributed by atoms with Crippen LogP contribution in [0.25, 0.3) is 0 Å². The second-order valence-corrected chi connectivity index (χ2v) is 0.102. The highest BCUT2D eigenvalue weighted by molar-refractivity contribution is 6.80. The molecule has 0 aliphatic rings. The number of nitrogens with one attached hydrogen (secondary N) is 1. The predicted octanol–water partition coefficient (Wildman–Crippen LogP) is -0.593. The molecule has 0 saturated carbocycles. The highest BCUT2D eigenvalue weighted by Gasteiger charge is 1.03. The lowest BCUT2D eigenvalue weighted by molar-refractivity contribution is 0.563. The van der Waals surface area contributed by atoms with Crippen molar-refractivity contribution in [1.29, 1.82) is 5.41 Å². The van der Waals surface area contributed by atoms with Crippen LogP contribution >= 0.6 is 11.1 Å². The summed E-state index contributed by atoms with van der Waals surface area (Å²) in [7, 11) is 0.778. The van der Waals surface area contributed by atoms with Gasteiger partial charge in [0.1, 0.15) is 9.55 Å². The van der Waals surface area contributed by atoms with Gasteiger partial charge in [0.15, 0.2) is 0 Å². The summed E-state index contributed by atoms with van der Waals surface area (Å²) in [6.45, 7) is 0. The highest BCUT2D eigenvalue weighted by atomic mass is 35.6. The summed E-state index contributed by atoms with van der Waals surface area (Å²) >= 11 is 4.78. The van der Waals surface area contributed by atoms with Crippen LogP contribution in [0.5, 0.6) is 0 Å². The molecule has 0 fully saturated rings. The molecule has 30 valence electrons. The van der Waals surface area contributed by atoms with E-state index < -0.39 is 0 Å². The summed E-state index contributed by atoms with van der Waals surface area (Å²) in [4.78, 5) is 8.35. The van der Waals surface area contributed by atoms with Crippen LogP contribution in [0.1, 0.15) is 0 Å². The lowest BCUT2D eigenvalue weighted by atomic mass is 11.7. The first-order valence-corrected chi connectivity index (χ1v) is 3.86. The minimum absolute atomic E-state index is 0.750. The Hall–Kier alpha value is -0.113. The van der Waals surface area contributed by atoms with E-state index in [1.54, 1.807) is 0 Å². The number of carbonyl (C=O) groups excluding carboxylic acids is 1. The van der Waals surface area contributed by atoms with Crippen LogP contribution in [0.2, 0.25) is 0 Å². The van der Waals surface area contributed by atoms with Gasteiger partial charge in [0.05, 0.1) is 0 Å². The summed E-state index contributed by atoms with van der Waals surface area (Å²) in [6.07, 6.45) is 0.750. The molecule has 0 heterocycles. The standard InChI is InChI=1S/CHNO.ClH3Si/c2-1-3;1-2/h2H;2H3. The smallest absolute Gasteiger partial charge is 0.222 e. The number of hydrogen-bond acceptors (Lipinski definition) is 2. The Bertz CT molecular complexity index is 32.6. The molecular weight excluding hydrogens is 106 g/mol. The van der Waals surface area contributed by atoms with Crippen LogP contribution in [0.3, 0.4) is 0 Å². The SMILES string of the molecule is N=C=O.[SiH3]Cl. The average Bonchev–Trinajstić information content (AvgIpc) is 1.46. The van der Waals surface area contributed by atoms with Crippen LogP contribution in [-0.2, 0) is 4.79 Å². The van der Waals surface area contributed by atoms with E-state index in [4.69, 9.17) is 21.3 Å². The molecule has 5 heavy (non-hydrogen) atoms. The minimum Gasteiger partial charge on any atom is -0.222 e. The first-order valence-electron chi connectivity index (χ1n) is 0.832. The first-order chi connectivity index (χ1) is 2.41. The summed E-state index contributed by atoms with van der Waals surface area (Å²) in [6, 6.07) is 0. The van der Waals surface area contributed by atoms with Crippen molar-refractivity contribution in [2.45, 2.75) is 0 Å². The van der Waals surface area contributed by atoms with E-state index in [0.717, 1.165) is 15.6 Å². The van der Waals surface area contributed by atoms with E-state index >= 15 is 0 Å². The molecule has 0 aliphatic heterocycles. The van der Waals surface area contributed by atoms with Gasteiger partial charge in [-0.15, -0.1) is 0 Å². The molecule has 0 saturated heterocycles. The third kappa shape index (κ3) is 1080. The fourth-order valence-electron chi connectivity index (χ4n) is 0. The number of hydrogen-bond donors (Lipinski definition) is 1. The van der Waals surface area contributed by atoms with Crippen LogP contribution in [0, 0.1) is 5.41 Å². The first kappa shape index (κ1) is 8.86. The zero-order chi connectivity index (χ0) is 4.71. The van der Waals surface area contributed by atoms with Crippen molar-refractivity contribution in [3.05, 3.63) is 0 Å². The monoisotopic (exact) mass is 109 g/mol. The molecule has 0 bridgehead atoms. The van der Waals surface area contributed by atoms with Crippen molar-refractivity contribution >= 4 is 26.7 Å². The number of isocyanates is 1. The normalized spacial score (nSPS) is 3.40. The molecule has 0 aromatic rings. The highest BCUT2D eigenvalue weighted by Crippen LogP contribution is 1.29. The Labute approximate surface area is 37.8 Å². The van der Waals surface area contributed by atoms with Crippen molar-refractivity contribution in [3.63, 3.8) is 0 Å². The zero-order valence-electron chi connectivity index (χ0n) is 2.79. The minimum atomic E-state index is 0.750. The molecule has 0 atom stereocenters. The van der Waals surface area contributed by atoms with Crippen molar-refractivity contribution in [2.75, 3.05) is 0 Å². The van der Waals surface area contributed by atoms with E-state index in [-0.39, 0.29) is 0 Å². The zero-order valence-corrected chi connectivity index (χ0v) is 5.54. The van der Waals surface area contributed by atoms with Gasteiger partial charge in [-0.05, 0) is 0 Å². The Balaban J connectivity index is 0. The predicted molar refractivity (Wildman–Crippen MR) is 24.2 cm³/mol. The molecule has 0 unspecified atom stereocenters. The van der Waals surface area contributed by atoms with E-state index in [0.29, 0.717) is 0 Å². The third-order valence-corrected chi connectivity index (χ3v) is 0. The van der Waals surface area contributed by atoms with Crippen molar-refractivity contribution < 1.29 is 4.79 Å². The van der Waals surface area contributed by atoms with E-state index in [1.807, 2.05) is 0 Å². The second kappa shape index (κ2) is 41.2. The van der Waals surface area contributed by atoms with Gasteiger partial charge >= 0.3 is 0 Å². The number of rotatable bonds is 0. The molecule has 0 rings (SSSR count). The van der Waals surface area contributed by atoms with Gasteiger partial charge in [0.25, 0.3) is 0 Å². The van der Waals surface area contributed by atoms with Gasteiger partial charge in [-0.2, -0.15) is 11.1 Å². The summed E-state index contributed by atoms with van der Waals surface area (Å²) in [5.74, 6) is 0. The van der Waals surface area contributed by atoms with Gasteiger partial charge in [0.2, 0.25) is 6.08 Å². The van der Waals surface area contributed by atoms with Gasteiger partial charge in [-0.3, -0.25) is 0 Å². The van der Waals surface area contributed by atoms with Crippen LogP contribution in [0.4, 0.5) is 0 Å². The summed E-state index contributed by atoms with van der Waals surface area (Å²) in [5.41, 5.74) is 0. The van der Waals surface area contributed by atoms with E-state index in [9.17, 15) is 0 Å². The van der Waals surface area contributed by atoms with Crippen LogP contribution in [-0.4, -0.2) is 15.6 Å². The second-order valence-electron chi connectivity index (χ2n) is 0.102. The lowest BCUT2D eigenvalue weighted by Gasteiger charge is -1.05. The molecule has 0 radical (unpaired) electrons. The third-order valence-electron chi connectivity index (χ3n) is 0. The summed E-state index contributed by atoms with van der Waals surface area (Å²) < 4.78 is 0. The van der Waals surface area contributed by atoms with Crippen molar-refractivity contribution in [1.82, 2.24) is 0 Å². The largest absolute Gasteiger partial charge is 0.231 e. The van der Waals surface area contributed by atoms with E-state index in [1.165, 1.54) is 0 Å². The maximum absolute atomic E-state index is 8.35. The molecule has 2 nitrogen and oxygen atoms in total. The fourth-order valence-corrected chi connectivity index (χ4v) is 0. The topological polar surface area (TPSA) is 40.9 Å². The summed E-state index contributed by atoms with van der Waals surface area (Å²) in [5, 5.41) is 5.40. The Kier molecular flexibility index (Phi) is 73.0. The van der Waals surface area contributed by atoms with Gasteiger partial charge < -0.3 is 0 Å². The molecule has 4 heteroatoms. The molecule has 0 aromatic heterocycles. The Morgan fingerprint density at radius 1 is 1.80 bits per heavy atom.